The average molecular weight is 301 g/mol. The van der Waals surface area contributed by atoms with E-state index in [9.17, 15) is 0 Å². The first-order valence-corrected chi connectivity index (χ1v) is 6.76. The smallest absolute Gasteiger partial charge is 0.251 e. The molecule has 0 aliphatic rings. The summed E-state index contributed by atoms with van der Waals surface area (Å²) in [6, 6.07) is 13.0. The fourth-order valence-corrected chi connectivity index (χ4v) is 2.19. The van der Waals surface area contributed by atoms with Gasteiger partial charge in [0, 0.05) is 6.20 Å². The van der Waals surface area contributed by atoms with Gasteiger partial charge in [0.05, 0.1) is 5.02 Å². The van der Waals surface area contributed by atoms with Gasteiger partial charge in [0.1, 0.15) is 11.2 Å². The minimum absolute atomic E-state index is 0.311. The number of nitrogens with zero attached hydrogens (tertiary/aromatic N) is 3. The van der Waals surface area contributed by atoms with Gasteiger partial charge in [0.25, 0.3) is 5.89 Å². The molecule has 1 unspecified atom stereocenters. The van der Waals surface area contributed by atoms with Gasteiger partial charge in [-0.1, -0.05) is 47.1 Å². The van der Waals surface area contributed by atoms with E-state index >= 15 is 0 Å². The zero-order valence-corrected chi connectivity index (χ0v) is 12.1. The van der Waals surface area contributed by atoms with Crippen LogP contribution in [0.5, 0.6) is 0 Å². The second-order valence-corrected chi connectivity index (χ2v) is 5.23. The van der Waals surface area contributed by atoms with Crippen LogP contribution in [0.2, 0.25) is 5.02 Å². The summed E-state index contributed by atoms with van der Waals surface area (Å²) in [5.74, 6) is 0.633. The number of hydrogen-bond donors (Lipinski definition) is 1. The van der Waals surface area contributed by atoms with Crippen molar-refractivity contribution in [3.63, 3.8) is 0 Å². The molecule has 3 aromatic rings. The molecule has 1 atom stereocenters. The maximum absolute atomic E-state index is 6.34. The third kappa shape index (κ3) is 2.53. The molecule has 1 aromatic carbocycles. The molecule has 5 nitrogen and oxygen atoms in total. The van der Waals surface area contributed by atoms with Crippen molar-refractivity contribution >= 4 is 11.6 Å². The van der Waals surface area contributed by atoms with Crippen molar-refractivity contribution in [2.24, 2.45) is 5.73 Å². The summed E-state index contributed by atoms with van der Waals surface area (Å²) in [5.41, 5.74) is 6.81. The standard InChI is InChI=1S/C15H13ClN4O/c1-15(17,10-6-3-2-4-7-10)14-19-13(20-21-14)12-11(16)8-5-9-18-12/h2-9H,17H2,1H3. The number of halogens is 1. The first-order valence-electron chi connectivity index (χ1n) is 6.38. The second-order valence-electron chi connectivity index (χ2n) is 4.83. The molecule has 2 heterocycles. The molecule has 0 aliphatic heterocycles. The molecule has 0 radical (unpaired) electrons. The molecule has 106 valence electrons. The quantitative estimate of drug-likeness (QED) is 0.804. The Hall–Kier alpha value is -2.24. The summed E-state index contributed by atoms with van der Waals surface area (Å²) < 4.78 is 5.31. The predicted molar refractivity (Wildman–Crippen MR) is 79.6 cm³/mol. The minimum atomic E-state index is -0.881. The number of pyridine rings is 1. The van der Waals surface area contributed by atoms with Crippen LogP contribution >= 0.6 is 11.6 Å². The normalized spacial score (nSPS) is 13.9. The summed E-state index contributed by atoms with van der Waals surface area (Å²) >= 11 is 6.08. The van der Waals surface area contributed by atoms with Crippen LogP contribution in [0, 0.1) is 0 Å². The van der Waals surface area contributed by atoms with Crippen LogP contribution in [0.15, 0.2) is 53.2 Å². The van der Waals surface area contributed by atoms with Gasteiger partial charge in [0.2, 0.25) is 5.82 Å². The monoisotopic (exact) mass is 300 g/mol. The lowest BCUT2D eigenvalue weighted by Gasteiger charge is -2.20. The van der Waals surface area contributed by atoms with Crippen LogP contribution in [0.4, 0.5) is 0 Å². The van der Waals surface area contributed by atoms with Gasteiger partial charge in [0.15, 0.2) is 0 Å². The first kappa shape index (κ1) is 13.7. The number of rotatable bonds is 3. The molecule has 0 saturated heterocycles. The molecule has 0 saturated carbocycles. The van der Waals surface area contributed by atoms with Gasteiger partial charge in [-0.05, 0) is 24.6 Å². The Balaban J connectivity index is 2.01. The number of aromatic nitrogens is 3. The molecular weight excluding hydrogens is 288 g/mol. The van der Waals surface area contributed by atoms with E-state index in [1.54, 1.807) is 18.3 Å². The third-order valence-corrected chi connectivity index (χ3v) is 3.52. The van der Waals surface area contributed by atoms with Gasteiger partial charge in [-0.15, -0.1) is 0 Å². The maximum atomic E-state index is 6.34. The number of benzene rings is 1. The summed E-state index contributed by atoms with van der Waals surface area (Å²) in [5, 5.41) is 4.39. The second kappa shape index (κ2) is 5.27. The molecule has 3 rings (SSSR count). The van der Waals surface area contributed by atoms with Crippen molar-refractivity contribution in [2.75, 3.05) is 0 Å². The Morgan fingerprint density at radius 3 is 2.62 bits per heavy atom. The van der Waals surface area contributed by atoms with Crippen LogP contribution in [0.3, 0.4) is 0 Å². The molecular formula is C15H13ClN4O. The fourth-order valence-electron chi connectivity index (χ4n) is 1.99. The van der Waals surface area contributed by atoms with E-state index in [1.165, 1.54) is 0 Å². The molecule has 0 amide bonds. The van der Waals surface area contributed by atoms with E-state index in [0.717, 1.165) is 5.56 Å². The van der Waals surface area contributed by atoms with Crippen LogP contribution < -0.4 is 5.73 Å². The average Bonchev–Trinajstić information content (AvgIpc) is 2.99. The molecule has 6 heteroatoms. The lowest BCUT2D eigenvalue weighted by Crippen LogP contribution is -2.34. The molecule has 2 N–H and O–H groups in total. The van der Waals surface area contributed by atoms with Crippen molar-refractivity contribution < 1.29 is 4.52 Å². The van der Waals surface area contributed by atoms with Crippen LogP contribution in [-0.2, 0) is 5.54 Å². The molecule has 2 aromatic heterocycles. The van der Waals surface area contributed by atoms with Crippen molar-refractivity contribution in [1.29, 1.82) is 0 Å². The SMILES string of the molecule is CC(N)(c1ccccc1)c1nc(-c2ncccc2Cl)no1. The van der Waals surface area contributed by atoms with Crippen LogP contribution in [0.25, 0.3) is 11.5 Å². The topological polar surface area (TPSA) is 77.8 Å². The Morgan fingerprint density at radius 2 is 1.90 bits per heavy atom. The zero-order valence-electron chi connectivity index (χ0n) is 11.3. The Bertz CT molecular complexity index is 755. The van der Waals surface area contributed by atoms with E-state index < -0.39 is 5.54 Å². The third-order valence-electron chi connectivity index (χ3n) is 3.21. The fraction of sp³-hybridized carbons (Fsp3) is 0.133. The predicted octanol–water partition coefficient (Wildman–Crippen LogP) is 3.01. The minimum Gasteiger partial charge on any atom is -0.336 e. The Morgan fingerprint density at radius 1 is 1.14 bits per heavy atom. The van der Waals surface area contributed by atoms with E-state index in [4.69, 9.17) is 21.9 Å². The maximum Gasteiger partial charge on any atom is 0.251 e. The van der Waals surface area contributed by atoms with E-state index in [1.807, 2.05) is 37.3 Å². The summed E-state index contributed by atoms with van der Waals surface area (Å²) in [6.07, 6.45) is 1.62. The van der Waals surface area contributed by atoms with Gasteiger partial charge >= 0.3 is 0 Å². The van der Waals surface area contributed by atoms with E-state index in [0.29, 0.717) is 22.4 Å². The number of nitrogens with two attached hydrogens (primary N) is 1. The Labute approximate surface area is 126 Å². The summed E-state index contributed by atoms with van der Waals surface area (Å²) in [4.78, 5) is 8.50. The van der Waals surface area contributed by atoms with Crippen LogP contribution in [-0.4, -0.2) is 15.1 Å². The van der Waals surface area contributed by atoms with Crippen molar-refractivity contribution in [3.05, 3.63) is 65.1 Å². The Kier molecular flexibility index (Phi) is 3.45. The lowest BCUT2D eigenvalue weighted by atomic mass is 9.93. The highest BCUT2D eigenvalue weighted by atomic mass is 35.5. The van der Waals surface area contributed by atoms with E-state index in [2.05, 4.69) is 15.1 Å². The van der Waals surface area contributed by atoms with Crippen molar-refractivity contribution in [3.8, 4) is 11.5 Å². The molecule has 0 bridgehead atoms. The van der Waals surface area contributed by atoms with Crippen molar-refractivity contribution in [2.45, 2.75) is 12.5 Å². The van der Waals surface area contributed by atoms with Gasteiger partial charge in [-0.3, -0.25) is 4.98 Å². The van der Waals surface area contributed by atoms with Crippen molar-refractivity contribution in [1.82, 2.24) is 15.1 Å². The van der Waals surface area contributed by atoms with E-state index in [-0.39, 0.29) is 0 Å². The lowest BCUT2D eigenvalue weighted by molar-refractivity contribution is 0.325. The molecule has 0 aliphatic carbocycles. The zero-order chi connectivity index (χ0) is 14.9. The van der Waals surface area contributed by atoms with Crippen LogP contribution in [0.1, 0.15) is 18.4 Å². The largest absolute Gasteiger partial charge is 0.336 e. The number of hydrogen-bond acceptors (Lipinski definition) is 5. The molecule has 0 fully saturated rings. The molecule has 21 heavy (non-hydrogen) atoms. The highest BCUT2D eigenvalue weighted by Gasteiger charge is 2.31. The van der Waals surface area contributed by atoms with Gasteiger partial charge in [-0.2, -0.15) is 4.98 Å². The summed E-state index contributed by atoms with van der Waals surface area (Å²) in [7, 11) is 0. The highest BCUT2D eigenvalue weighted by molar-refractivity contribution is 6.32. The van der Waals surface area contributed by atoms with Gasteiger partial charge < -0.3 is 10.3 Å². The van der Waals surface area contributed by atoms with Gasteiger partial charge in [-0.25, -0.2) is 0 Å². The first-order chi connectivity index (χ1) is 10.1. The highest BCUT2D eigenvalue weighted by Crippen LogP contribution is 2.28. The molecule has 0 spiro atoms. The summed E-state index contributed by atoms with van der Waals surface area (Å²) in [6.45, 7) is 1.82.